The largest absolute Gasteiger partial charge is 0.327 e. The third-order valence-corrected chi connectivity index (χ3v) is 3.74. The molecule has 1 aromatic heterocycles. The van der Waals surface area contributed by atoms with Crippen LogP contribution in [-0.2, 0) is 12.4 Å². The fraction of sp³-hybridized carbons (Fsp3) is 0.500. The Morgan fingerprint density at radius 1 is 1.33 bits per heavy atom. The summed E-state index contributed by atoms with van der Waals surface area (Å²) >= 11 is 5.94. The van der Waals surface area contributed by atoms with Crippen LogP contribution < -0.4 is 0 Å². The number of hydrogen-bond acceptors (Lipinski definition) is 1. The number of alkyl halides is 1. The summed E-state index contributed by atoms with van der Waals surface area (Å²) in [6.45, 7) is 5.28. The van der Waals surface area contributed by atoms with Crippen LogP contribution in [0.2, 0.25) is 0 Å². The Morgan fingerprint density at radius 2 is 2.06 bits per heavy atom. The van der Waals surface area contributed by atoms with E-state index >= 15 is 0 Å². The molecule has 0 spiro atoms. The summed E-state index contributed by atoms with van der Waals surface area (Å²) in [5, 5.41) is 0. The van der Waals surface area contributed by atoms with Gasteiger partial charge in [0.2, 0.25) is 0 Å². The molecule has 0 N–H and O–H groups in total. The molecule has 0 radical (unpaired) electrons. The molecule has 2 rings (SSSR count). The number of aromatic nitrogens is 2. The average Bonchev–Trinajstić information content (AvgIpc) is 2.72. The minimum absolute atomic E-state index is 0.254. The summed E-state index contributed by atoms with van der Waals surface area (Å²) in [6, 6.07) is 4.73. The van der Waals surface area contributed by atoms with Gasteiger partial charge in [-0.1, -0.05) is 26.7 Å². The van der Waals surface area contributed by atoms with Gasteiger partial charge in [-0.15, -0.1) is 11.6 Å². The van der Waals surface area contributed by atoms with Crippen molar-refractivity contribution in [2.24, 2.45) is 5.92 Å². The van der Waals surface area contributed by atoms with Gasteiger partial charge in [-0.05, 0) is 18.1 Å². The highest BCUT2D eigenvalue weighted by Gasteiger charge is 2.13. The van der Waals surface area contributed by atoms with Crippen LogP contribution >= 0.6 is 11.6 Å². The van der Waals surface area contributed by atoms with Gasteiger partial charge in [-0.2, -0.15) is 0 Å². The molecule has 0 atom stereocenters. The van der Waals surface area contributed by atoms with Crippen LogP contribution in [0.5, 0.6) is 0 Å². The summed E-state index contributed by atoms with van der Waals surface area (Å²) in [4.78, 5) is 4.40. The van der Waals surface area contributed by atoms with Crippen molar-refractivity contribution >= 4 is 22.6 Å². The smallest absolute Gasteiger partial charge is 0.125 e. The van der Waals surface area contributed by atoms with E-state index < -0.39 is 0 Å². The second-order valence-electron chi connectivity index (χ2n) is 4.59. The van der Waals surface area contributed by atoms with Gasteiger partial charge in [0.05, 0.1) is 16.9 Å². The Morgan fingerprint density at radius 3 is 2.67 bits per heavy atom. The summed E-state index contributed by atoms with van der Waals surface area (Å²) in [7, 11) is 0. The fourth-order valence-electron chi connectivity index (χ4n) is 2.26. The molecule has 0 saturated carbocycles. The Hall–Kier alpha value is -1.09. The van der Waals surface area contributed by atoms with Gasteiger partial charge < -0.3 is 4.57 Å². The van der Waals surface area contributed by atoms with Crippen molar-refractivity contribution in [3.63, 3.8) is 0 Å². The molecule has 0 aliphatic carbocycles. The minimum Gasteiger partial charge on any atom is -0.327 e. The monoisotopic (exact) mass is 268 g/mol. The number of hydrogen-bond donors (Lipinski definition) is 0. The van der Waals surface area contributed by atoms with E-state index in [-0.39, 0.29) is 5.82 Å². The van der Waals surface area contributed by atoms with E-state index in [0.717, 1.165) is 30.7 Å². The zero-order valence-electron chi connectivity index (χ0n) is 10.8. The molecule has 2 aromatic rings. The highest BCUT2D eigenvalue weighted by molar-refractivity contribution is 6.16. The quantitative estimate of drug-likeness (QED) is 0.737. The molecule has 4 heteroatoms. The van der Waals surface area contributed by atoms with Crippen LogP contribution in [0.3, 0.4) is 0 Å². The van der Waals surface area contributed by atoms with Gasteiger partial charge in [-0.3, -0.25) is 0 Å². The molecule has 0 aliphatic rings. The lowest BCUT2D eigenvalue weighted by atomic mass is 10.0. The standard InChI is InChI=1S/C14H18ClFN2/c1-3-10(4-2)9-18-13-6-5-11(16)7-12(13)17-14(18)8-15/h5-7,10H,3-4,8-9H2,1-2H3. The fourth-order valence-corrected chi connectivity index (χ4v) is 2.47. The van der Waals surface area contributed by atoms with Gasteiger partial charge in [-0.25, -0.2) is 9.37 Å². The molecule has 0 saturated heterocycles. The lowest BCUT2D eigenvalue weighted by Gasteiger charge is -2.15. The van der Waals surface area contributed by atoms with Crippen molar-refractivity contribution in [2.75, 3.05) is 0 Å². The first-order valence-electron chi connectivity index (χ1n) is 6.40. The van der Waals surface area contributed by atoms with Gasteiger partial charge >= 0.3 is 0 Å². The van der Waals surface area contributed by atoms with Gasteiger partial charge in [0.25, 0.3) is 0 Å². The first-order chi connectivity index (χ1) is 8.69. The van der Waals surface area contributed by atoms with Gasteiger partial charge in [0.15, 0.2) is 0 Å². The molecule has 0 bridgehead atoms. The zero-order valence-corrected chi connectivity index (χ0v) is 11.5. The summed E-state index contributed by atoms with van der Waals surface area (Å²) in [6.07, 6.45) is 2.25. The Kier molecular flexibility index (Phi) is 4.23. The van der Waals surface area contributed by atoms with Crippen LogP contribution in [0.15, 0.2) is 18.2 Å². The van der Waals surface area contributed by atoms with Crippen molar-refractivity contribution in [2.45, 2.75) is 39.1 Å². The van der Waals surface area contributed by atoms with E-state index in [4.69, 9.17) is 11.6 Å². The van der Waals surface area contributed by atoms with Crippen molar-refractivity contribution < 1.29 is 4.39 Å². The van der Waals surface area contributed by atoms with Crippen LogP contribution in [0.1, 0.15) is 32.5 Å². The lowest BCUT2D eigenvalue weighted by Crippen LogP contribution is -2.11. The zero-order chi connectivity index (χ0) is 13.1. The van der Waals surface area contributed by atoms with Crippen LogP contribution in [0.4, 0.5) is 4.39 Å². The van der Waals surface area contributed by atoms with E-state index in [2.05, 4.69) is 23.4 Å². The van der Waals surface area contributed by atoms with E-state index in [0.29, 0.717) is 17.3 Å². The second-order valence-corrected chi connectivity index (χ2v) is 4.86. The van der Waals surface area contributed by atoms with E-state index in [1.807, 2.05) is 0 Å². The third-order valence-electron chi connectivity index (χ3n) is 3.50. The molecule has 0 aliphatic heterocycles. The van der Waals surface area contributed by atoms with Crippen LogP contribution in [-0.4, -0.2) is 9.55 Å². The molecule has 18 heavy (non-hydrogen) atoms. The highest BCUT2D eigenvalue weighted by Crippen LogP contribution is 2.22. The van der Waals surface area contributed by atoms with Gasteiger partial charge in [0, 0.05) is 12.6 Å². The predicted octanol–water partition coefficient (Wildman–Crippen LogP) is 4.35. The SMILES string of the molecule is CCC(CC)Cn1c(CCl)nc2cc(F)ccc21. The van der Waals surface area contributed by atoms with Crippen molar-refractivity contribution in [3.05, 3.63) is 29.8 Å². The second kappa shape index (κ2) is 5.70. The maximum absolute atomic E-state index is 13.2. The maximum Gasteiger partial charge on any atom is 0.125 e. The molecule has 1 aromatic carbocycles. The maximum atomic E-state index is 13.2. The first-order valence-corrected chi connectivity index (χ1v) is 6.93. The number of benzene rings is 1. The molecule has 2 nitrogen and oxygen atoms in total. The normalized spacial score (nSPS) is 11.6. The minimum atomic E-state index is -0.254. The average molecular weight is 269 g/mol. The molecular formula is C14H18ClFN2. The topological polar surface area (TPSA) is 17.8 Å². The van der Waals surface area contributed by atoms with Crippen LogP contribution in [0.25, 0.3) is 11.0 Å². The lowest BCUT2D eigenvalue weighted by molar-refractivity contribution is 0.419. The molecule has 0 unspecified atom stereocenters. The van der Waals surface area contributed by atoms with E-state index in [1.165, 1.54) is 12.1 Å². The number of nitrogens with zero attached hydrogens (tertiary/aromatic N) is 2. The number of halogens is 2. The number of rotatable bonds is 5. The Balaban J connectivity index is 2.46. The molecular weight excluding hydrogens is 251 g/mol. The highest BCUT2D eigenvalue weighted by atomic mass is 35.5. The Bertz CT molecular complexity index is 532. The van der Waals surface area contributed by atoms with Crippen molar-refractivity contribution in [3.8, 4) is 0 Å². The molecule has 0 fully saturated rings. The first kappa shape index (κ1) is 13.3. The van der Waals surface area contributed by atoms with Crippen molar-refractivity contribution in [1.82, 2.24) is 9.55 Å². The van der Waals surface area contributed by atoms with Gasteiger partial charge in [0.1, 0.15) is 11.6 Å². The Labute approximate surface area is 112 Å². The molecule has 1 heterocycles. The van der Waals surface area contributed by atoms with Crippen molar-refractivity contribution in [1.29, 1.82) is 0 Å². The molecule has 0 amide bonds. The predicted molar refractivity (Wildman–Crippen MR) is 73.3 cm³/mol. The van der Waals surface area contributed by atoms with Crippen LogP contribution in [0, 0.1) is 11.7 Å². The number of imidazole rings is 1. The third kappa shape index (κ3) is 2.51. The number of fused-ring (bicyclic) bond motifs is 1. The summed E-state index contributed by atoms with van der Waals surface area (Å²) in [5.74, 6) is 1.53. The van der Waals surface area contributed by atoms with E-state index in [1.54, 1.807) is 6.07 Å². The summed E-state index contributed by atoms with van der Waals surface area (Å²) in [5.41, 5.74) is 1.66. The summed E-state index contributed by atoms with van der Waals surface area (Å²) < 4.78 is 15.3. The molecule has 98 valence electrons. The van der Waals surface area contributed by atoms with E-state index in [9.17, 15) is 4.39 Å².